The first-order valence-corrected chi connectivity index (χ1v) is 10.9. The minimum Gasteiger partial charge on any atom is -0.212 e. The summed E-state index contributed by atoms with van der Waals surface area (Å²) >= 11 is 0. The first-order chi connectivity index (χ1) is 10.8. The van der Waals surface area contributed by atoms with Crippen LogP contribution in [0.25, 0.3) is 0 Å². The quantitative estimate of drug-likeness (QED) is 0.766. The molecular formula is C15H24N2O4S2. The van der Waals surface area contributed by atoms with E-state index in [2.05, 4.69) is 0 Å². The van der Waals surface area contributed by atoms with Crippen molar-refractivity contribution in [3.8, 4) is 0 Å². The summed E-state index contributed by atoms with van der Waals surface area (Å²) in [5.41, 5.74) is 1.08. The van der Waals surface area contributed by atoms with Gasteiger partial charge in [-0.2, -0.15) is 8.61 Å². The van der Waals surface area contributed by atoms with Crippen molar-refractivity contribution in [2.24, 2.45) is 0 Å². The minimum absolute atomic E-state index is 0.109. The molecule has 0 N–H and O–H groups in total. The van der Waals surface area contributed by atoms with Crippen molar-refractivity contribution in [2.75, 3.05) is 31.9 Å². The monoisotopic (exact) mass is 360 g/mol. The van der Waals surface area contributed by atoms with Crippen molar-refractivity contribution in [3.63, 3.8) is 0 Å². The van der Waals surface area contributed by atoms with Crippen molar-refractivity contribution in [3.05, 3.63) is 29.8 Å². The average Bonchev–Trinajstić information content (AvgIpc) is 2.55. The third kappa shape index (κ3) is 4.12. The van der Waals surface area contributed by atoms with E-state index in [1.807, 2.05) is 26.0 Å². The summed E-state index contributed by atoms with van der Waals surface area (Å²) in [6.07, 6.45) is 1.42. The van der Waals surface area contributed by atoms with Gasteiger partial charge in [0, 0.05) is 26.2 Å². The molecule has 130 valence electrons. The predicted molar refractivity (Wildman–Crippen MR) is 90.2 cm³/mol. The van der Waals surface area contributed by atoms with Crippen LogP contribution in [0, 0.1) is 0 Å². The molecule has 1 saturated heterocycles. The van der Waals surface area contributed by atoms with Gasteiger partial charge < -0.3 is 0 Å². The minimum atomic E-state index is -3.56. The van der Waals surface area contributed by atoms with E-state index in [0.29, 0.717) is 6.42 Å². The molecule has 0 atom stereocenters. The maximum absolute atomic E-state index is 12.6. The lowest BCUT2D eigenvalue weighted by Gasteiger charge is -2.33. The molecule has 0 spiro atoms. The lowest BCUT2D eigenvalue weighted by atomic mass is 10.2. The molecule has 0 aliphatic carbocycles. The van der Waals surface area contributed by atoms with Crippen LogP contribution in [0.1, 0.15) is 25.8 Å². The Morgan fingerprint density at radius 3 is 1.87 bits per heavy atom. The molecule has 0 unspecified atom stereocenters. The number of benzene rings is 1. The molecule has 0 saturated carbocycles. The van der Waals surface area contributed by atoms with Gasteiger partial charge in [-0.25, -0.2) is 16.8 Å². The lowest BCUT2D eigenvalue weighted by Crippen LogP contribution is -2.50. The van der Waals surface area contributed by atoms with Gasteiger partial charge in [0.1, 0.15) is 0 Å². The largest absolute Gasteiger partial charge is 0.243 e. The fourth-order valence-corrected chi connectivity index (χ4v) is 5.54. The van der Waals surface area contributed by atoms with Crippen molar-refractivity contribution in [2.45, 2.75) is 31.6 Å². The second-order valence-electron chi connectivity index (χ2n) is 5.62. The summed E-state index contributed by atoms with van der Waals surface area (Å²) in [7, 11) is -6.82. The zero-order chi connectivity index (χ0) is 17.1. The van der Waals surface area contributed by atoms with E-state index in [1.54, 1.807) is 12.1 Å². The SMILES string of the molecule is CCCS(=O)(=O)N1CCN(S(=O)(=O)c2ccc(CC)cc2)CC1. The lowest BCUT2D eigenvalue weighted by molar-refractivity contribution is 0.273. The number of sulfonamides is 2. The van der Waals surface area contributed by atoms with Gasteiger partial charge in [-0.3, -0.25) is 0 Å². The van der Waals surface area contributed by atoms with Gasteiger partial charge in [0.15, 0.2) is 0 Å². The first kappa shape index (κ1) is 18.4. The maximum Gasteiger partial charge on any atom is 0.243 e. The smallest absolute Gasteiger partial charge is 0.212 e. The molecule has 2 rings (SSSR count). The van der Waals surface area contributed by atoms with Gasteiger partial charge in [-0.1, -0.05) is 26.0 Å². The highest BCUT2D eigenvalue weighted by molar-refractivity contribution is 7.89. The topological polar surface area (TPSA) is 74.8 Å². The summed E-state index contributed by atoms with van der Waals surface area (Å²) < 4.78 is 52.1. The third-order valence-electron chi connectivity index (χ3n) is 4.02. The Balaban J connectivity index is 2.09. The zero-order valence-corrected chi connectivity index (χ0v) is 15.2. The van der Waals surface area contributed by atoms with Gasteiger partial charge >= 0.3 is 0 Å². The number of piperazine rings is 1. The Morgan fingerprint density at radius 1 is 0.870 bits per heavy atom. The van der Waals surface area contributed by atoms with Crippen LogP contribution in [0.5, 0.6) is 0 Å². The molecule has 0 radical (unpaired) electrons. The van der Waals surface area contributed by atoms with E-state index in [1.165, 1.54) is 8.61 Å². The maximum atomic E-state index is 12.6. The third-order valence-corrected chi connectivity index (χ3v) is 8.01. The Hall–Kier alpha value is -0.960. The summed E-state index contributed by atoms with van der Waals surface area (Å²) in [6.45, 7) is 4.66. The molecule has 0 bridgehead atoms. The highest BCUT2D eigenvalue weighted by Crippen LogP contribution is 2.19. The number of nitrogens with zero attached hydrogens (tertiary/aromatic N) is 2. The normalized spacial score (nSPS) is 18.2. The molecule has 1 aromatic carbocycles. The van der Waals surface area contributed by atoms with Crippen LogP contribution in [0.3, 0.4) is 0 Å². The van der Waals surface area contributed by atoms with E-state index >= 15 is 0 Å². The fourth-order valence-electron chi connectivity index (χ4n) is 2.62. The molecule has 23 heavy (non-hydrogen) atoms. The van der Waals surface area contributed by atoms with Crippen molar-refractivity contribution >= 4 is 20.0 Å². The predicted octanol–water partition coefficient (Wildman–Crippen LogP) is 1.30. The van der Waals surface area contributed by atoms with E-state index in [9.17, 15) is 16.8 Å². The van der Waals surface area contributed by atoms with Crippen molar-refractivity contribution in [1.82, 2.24) is 8.61 Å². The van der Waals surface area contributed by atoms with Gasteiger partial charge in [-0.15, -0.1) is 0 Å². The Morgan fingerprint density at radius 2 is 1.39 bits per heavy atom. The average molecular weight is 361 g/mol. The summed E-state index contributed by atoms with van der Waals surface area (Å²) in [5.74, 6) is 0.109. The van der Waals surface area contributed by atoms with Crippen molar-refractivity contribution < 1.29 is 16.8 Å². The van der Waals surface area contributed by atoms with Crippen LogP contribution in [0.15, 0.2) is 29.2 Å². The van der Waals surface area contributed by atoms with Crippen LogP contribution in [-0.2, 0) is 26.5 Å². The summed E-state index contributed by atoms with van der Waals surface area (Å²) in [6, 6.07) is 6.87. The number of aryl methyl sites for hydroxylation is 1. The van der Waals surface area contributed by atoms with Crippen LogP contribution in [0.2, 0.25) is 0 Å². The standard InChI is InChI=1S/C15H24N2O4S2/c1-3-13-22(18,19)16-9-11-17(12-10-16)23(20,21)15-7-5-14(4-2)6-8-15/h5-8H,3-4,9-13H2,1-2H3. The van der Waals surface area contributed by atoms with E-state index in [4.69, 9.17) is 0 Å². The zero-order valence-electron chi connectivity index (χ0n) is 13.6. The first-order valence-electron chi connectivity index (χ1n) is 7.88. The number of hydrogen-bond acceptors (Lipinski definition) is 4. The molecule has 1 fully saturated rings. The molecule has 1 aliphatic rings. The molecule has 0 aromatic heterocycles. The van der Waals surface area contributed by atoms with Crippen LogP contribution >= 0.6 is 0 Å². The van der Waals surface area contributed by atoms with E-state index in [0.717, 1.165) is 12.0 Å². The van der Waals surface area contributed by atoms with Crippen LogP contribution < -0.4 is 0 Å². The van der Waals surface area contributed by atoms with Crippen molar-refractivity contribution in [1.29, 1.82) is 0 Å². The second kappa shape index (κ2) is 7.29. The van der Waals surface area contributed by atoms with Crippen LogP contribution in [-0.4, -0.2) is 57.4 Å². The Kier molecular flexibility index (Phi) is 5.83. The summed E-state index contributed by atoms with van der Waals surface area (Å²) in [4.78, 5) is 0.263. The fraction of sp³-hybridized carbons (Fsp3) is 0.600. The highest BCUT2D eigenvalue weighted by atomic mass is 32.2. The highest BCUT2D eigenvalue weighted by Gasteiger charge is 2.32. The van der Waals surface area contributed by atoms with Gasteiger partial charge in [-0.05, 0) is 30.5 Å². The molecule has 8 heteroatoms. The molecule has 0 amide bonds. The summed E-state index contributed by atoms with van der Waals surface area (Å²) in [5, 5.41) is 0. The van der Waals surface area contributed by atoms with Gasteiger partial charge in [0.05, 0.1) is 10.6 Å². The number of rotatable bonds is 6. The second-order valence-corrected chi connectivity index (χ2v) is 9.64. The van der Waals surface area contributed by atoms with E-state index < -0.39 is 20.0 Å². The molecular weight excluding hydrogens is 336 g/mol. The van der Waals surface area contributed by atoms with Gasteiger partial charge in [0.2, 0.25) is 20.0 Å². The molecule has 1 aliphatic heterocycles. The number of hydrogen-bond donors (Lipinski definition) is 0. The van der Waals surface area contributed by atoms with Gasteiger partial charge in [0.25, 0.3) is 0 Å². The molecule has 1 aromatic rings. The molecule has 6 nitrogen and oxygen atoms in total. The van der Waals surface area contributed by atoms with E-state index in [-0.39, 0.29) is 36.8 Å². The van der Waals surface area contributed by atoms with Crippen LogP contribution in [0.4, 0.5) is 0 Å². The Bertz CT molecular complexity index is 719. The Labute approximate surface area is 139 Å². The molecule has 1 heterocycles.